The third kappa shape index (κ3) is 4.10. The first-order chi connectivity index (χ1) is 13.5. The number of amides is 1. The van der Waals surface area contributed by atoms with Crippen molar-refractivity contribution in [1.29, 1.82) is 5.26 Å². The second-order valence-electron chi connectivity index (χ2n) is 6.28. The quantitative estimate of drug-likeness (QED) is 0.669. The van der Waals surface area contributed by atoms with Crippen molar-refractivity contribution in [3.8, 4) is 11.8 Å². The third-order valence-corrected chi connectivity index (χ3v) is 4.31. The van der Waals surface area contributed by atoms with Crippen LogP contribution >= 0.6 is 0 Å². The first-order valence-corrected chi connectivity index (χ1v) is 8.71. The smallest absolute Gasteiger partial charge is 0.270 e. The van der Waals surface area contributed by atoms with Crippen molar-refractivity contribution in [3.05, 3.63) is 88.7 Å². The molecule has 0 aliphatic heterocycles. The number of ketones is 1. The second-order valence-corrected chi connectivity index (χ2v) is 6.28. The predicted molar refractivity (Wildman–Crippen MR) is 105 cm³/mol. The maximum Gasteiger partial charge on any atom is 0.270 e. The molecule has 0 fully saturated rings. The summed E-state index contributed by atoms with van der Waals surface area (Å²) in [6.45, 7) is 3.42. The van der Waals surface area contributed by atoms with E-state index in [-0.39, 0.29) is 18.3 Å². The summed E-state index contributed by atoms with van der Waals surface area (Å²) in [5.74, 6) is -0.0137. The molecule has 6 nitrogen and oxygen atoms in total. The average Bonchev–Trinajstić information content (AvgIpc) is 3.01. The summed E-state index contributed by atoms with van der Waals surface area (Å²) in [5.41, 5.74) is 5.64. The second kappa shape index (κ2) is 8.23. The van der Waals surface area contributed by atoms with Gasteiger partial charge in [-0.2, -0.15) is 5.26 Å². The lowest BCUT2D eigenvalue weighted by Crippen LogP contribution is -2.25. The number of rotatable bonds is 6. The summed E-state index contributed by atoms with van der Waals surface area (Å²) in [6, 6.07) is 19.2. The van der Waals surface area contributed by atoms with Gasteiger partial charge in [0.15, 0.2) is 6.61 Å². The van der Waals surface area contributed by atoms with E-state index < -0.39 is 0 Å². The van der Waals surface area contributed by atoms with E-state index in [2.05, 4.69) is 5.43 Å². The molecule has 0 unspecified atom stereocenters. The van der Waals surface area contributed by atoms with Gasteiger partial charge in [0.25, 0.3) is 5.91 Å². The normalized spacial score (nSPS) is 10.2. The molecule has 0 aliphatic carbocycles. The summed E-state index contributed by atoms with van der Waals surface area (Å²) in [4.78, 5) is 25.0. The minimum atomic E-state index is -0.258. The number of benzene rings is 2. The van der Waals surface area contributed by atoms with Crippen LogP contribution in [0.25, 0.3) is 0 Å². The molecule has 1 N–H and O–H groups in total. The maximum atomic E-state index is 12.6. The average molecular weight is 373 g/mol. The summed E-state index contributed by atoms with van der Waals surface area (Å²) < 4.78 is 7.12. The van der Waals surface area contributed by atoms with Gasteiger partial charge in [-0.15, -0.1) is 0 Å². The highest BCUT2D eigenvalue weighted by Crippen LogP contribution is 2.17. The Balaban J connectivity index is 1.72. The molecule has 2 aromatic carbocycles. The molecule has 6 heteroatoms. The van der Waals surface area contributed by atoms with Crippen molar-refractivity contribution in [2.45, 2.75) is 13.8 Å². The number of ether oxygens (including phenoxy) is 1. The Kier molecular flexibility index (Phi) is 5.56. The Morgan fingerprint density at radius 2 is 1.82 bits per heavy atom. The van der Waals surface area contributed by atoms with E-state index in [1.165, 1.54) is 0 Å². The highest BCUT2D eigenvalue weighted by atomic mass is 16.5. The van der Waals surface area contributed by atoms with Crippen molar-refractivity contribution < 1.29 is 14.3 Å². The van der Waals surface area contributed by atoms with E-state index in [0.29, 0.717) is 28.1 Å². The number of Topliss-reactive ketones (excluding diaryl/α,β-unsaturated/α-hetero) is 1. The molecule has 1 aromatic heterocycles. The lowest BCUT2D eigenvalue weighted by atomic mass is 10.1. The molecule has 0 spiro atoms. The molecule has 3 aromatic rings. The zero-order chi connectivity index (χ0) is 20.1. The topological polar surface area (TPSA) is 84.1 Å². The number of carbonyl (C=O) groups is 2. The number of hydrogen-bond donors (Lipinski definition) is 1. The SMILES string of the molecule is Cc1cc(C(=O)COc2cccc(C#N)c2)c(C)n1NC(=O)c1ccccc1. The summed E-state index contributed by atoms with van der Waals surface area (Å²) in [5, 5.41) is 8.93. The van der Waals surface area contributed by atoms with Crippen LogP contribution in [0.2, 0.25) is 0 Å². The molecular weight excluding hydrogens is 354 g/mol. The molecule has 0 atom stereocenters. The zero-order valence-electron chi connectivity index (χ0n) is 15.6. The molecule has 0 bridgehead atoms. The summed E-state index contributed by atoms with van der Waals surface area (Å²) >= 11 is 0. The van der Waals surface area contributed by atoms with E-state index in [9.17, 15) is 9.59 Å². The van der Waals surface area contributed by atoms with Gasteiger partial charge in [0.05, 0.1) is 11.6 Å². The summed E-state index contributed by atoms with van der Waals surface area (Å²) in [7, 11) is 0. The first-order valence-electron chi connectivity index (χ1n) is 8.71. The fourth-order valence-corrected chi connectivity index (χ4v) is 2.85. The van der Waals surface area contributed by atoms with Crippen molar-refractivity contribution in [2.75, 3.05) is 12.0 Å². The monoisotopic (exact) mass is 373 g/mol. The van der Waals surface area contributed by atoms with Gasteiger partial charge >= 0.3 is 0 Å². The van der Waals surface area contributed by atoms with Crippen molar-refractivity contribution in [3.63, 3.8) is 0 Å². The molecule has 28 heavy (non-hydrogen) atoms. The van der Waals surface area contributed by atoms with Crippen LogP contribution in [-0.4, -0.2) is 23.0 Å². The van der Waals surface area contributed by atoms with Crippen LogP contribution in [0, 0.1) is 25.2 Å². The Morgan fingerprint density at radius 3 is 2.54 bits per heavy atom. The van der Waals surface area contributed by atoms with E-state index in [1.807, 2.05) is 19.1 Å². The van der Waals surface area contributed by atoms with Crippen LogP contribution < -0.4 is 10.2 Å². The van der Waals surface area contributed by atoms with Crippen molar-refractivity contribution in [1.82, 2.24) is 4.68 Å². The van der Waals surface area contributed by atoms with Crippen LogP contribution in [0.15, 0.2) is 60.7 Å². The number of hydrogen-bond acceptors (Lipinski definition) is 4. The Bertz CT molecular complexity index is 1060. The van der Waals surface area contributed by atoms with Gasteiger partial charge in [0, 0.05) is 22.5 Å². The number of nitrogens with one attached hydrogen (secondary N) is 1. The highest BCUT2D eigenvalue weighted by molar-refractivity contribution is 6.01. The van der Waals surface area contributed by atoms with E-state index in [4.69, 9.17) is 10.00 Å². The first kappa shape index (κ1) is 18.9. The lowest BCUT2D eigenvalue weighted by molar-refractivity contribution is 0.0919. The minimum Gasteiger partial charge on any atom is -0.485 e. The lowest BCUT2D eigenvalue weighted by Gasteiger charge is -2.12. The van der Waals surface area contributed by atoms with Crippen LogP contribution in [0.5, 0.6) is 5.75 Å². The number of aromatic nitrogens is 1. The van der Waals surface area contributed by atoms with Gasteiger partial charge in [0.1, 0.15) is 5.75 Å². The number of nitrogens with zero attached hydrogens (tertiary/aromatic N) is 2. The van der Waals surface area contributed by atoms with E-state index in [0.717, 1.165) is 5.69 Å². The molecule has 0 radical (unpaired) electrons. The van der Waals surface area contributed by atoms with E-state index >= 15 is 0 Å². The Labute approximate surface area is 163 Å². The van der Waals surface area contributed by atoms with Crippen molar-refractivity contribution in [2.24, 2.45) is 0 Å². The standard InChI is InChI=1S/C22H19N3O3/c1-15-11-20(21(26)14-28-19-10-6-7-17(12-19)13-23)16(2)25(15)24-22(27)18-8-4-3-5-9-18/h3-12H,14H2,1-2H3,(H,24,27). The fourth-order valence-electron chi connectivity index (χ4n) is 2.85. The molecule has 0 aliphatic rings. The van der Waals surface area contributed by atoms with Crippen LogP contribution in [-0.2, 0) is 0 Å². The van der Waals surface area contributed by atoms with Gasteiger partial charge in [-0.05, 0) is 50.2 Å². The molecule has 140 valence electrons. The molecule has 3 rings (SSSR count). The Hall–Kier alpha value is -3.85. The number of nitriles is 1. The highest BCUT2D eigenvalue weighted by Gasteiger charge is 2.18. The van der Waals surface area contributed by atoms with Crippen LogP contribution in [0.4, 0.5) is 0 Å². The largest absolute Gasteiger partial charge is 0.485 e. The van der Waals surface area contributed by atoms with Crippen LogP contribution in [0.1, 0.15) is 37.7 Å². The van der Waals surface area contributed by atoms with Gasteiger partial charge in [-0.1, -0.05) is 24.3 Å². The van der Waals surface area contributed by atoms with E-state index in [1.54, 1.807) is 66.2 Å². The van der Waals surface area contributed by atoms with Crippen molar-refractivity contribution >= 4 is 11.7 Å². The fraction of sp³-hybridized carbons (Fsp3) is 0.136. The molecule has 1 heterocycles. The van der Waals surface area contributed by atoms with Gasteiger partial charge < -0.3 is 4.74 Å². The molecule has 0 saturated heterocycles. The molecule has 0 saturated carbocycles. The molecule has 1 amide bonds. The molecular formula is C22H19N3O3. The third-order valence-electron chi connectivity index (χ3n) is 4.31. The number of carbonyl (C=O) groups excluding carboxylic acids is 2. The zero-order valence-corrected chi connectivity index (χ0v) is 15.6. The minimum absolute atomic E-state index is 0.161. The van der Waals surface area contributed by atoms with Gasteiger partial charge in [0.2, 0.25) is 5.78 Å². The summed E-state index contributed by atoms with van der Waals surface area (Å²) in [6.07, 6.45) is 0. The van der Waals surface area contributed by atoms with Crippen LogP contribution in [0.3, 0.4) is 0 Å². The maximum absolute atomic E-state index is 12.6. The van der Waals surface area contributed by atoms with Gasteiger partial charge in [-0.3, -0.25) is 19.7 Å². The predicted octanol–water partition coefficient (Wildman–Crippen LogP) is 3.62. The Morgan fingerprint density at radius 1 is 1.07 bits per heavy atom. The van der Waals surface area contributed by atoms with Gasteiger partial charge in [-0.25, -0.2) is 0 Å². The number of aryl methyl sites for hydroxylation is 1.